The van der Waals surface area contributed by atoms with Gasteiger partial charge in [0.2, 0.25) is 0 Å². The molecule has 2 rings (SSSR count). The molecule has 0 atom stereocenters. The second-order valence-corrected chi connectivity index (χ2v) is 6.74. The van der Waals surface area contributed by atoms with Crippen molar-refractivity contribution in [3.8, 4) is 17.2 Å². The van der Waals surface area contributed by atoms with E-state index in [1.165, 1.54) is 0 Å². The van der Waals surface area contributed by atoms with Crippen LogP contribution in [-0.2, 0) is 0 Å². The van der Waals surface area contributed by atoms with Gasteiger partial charge in [0.05, 0.1) is 13.4 Å². The summed E-state index contributed by atoms with van der Waals surface area (Å²) in [7, 11) is 0. The van der Waals surface area contributed by atoms with Crippen molar-refractivity contribution in [2.45, 2.75) is 0 Å². The molecule has 0 aromatic heterocycles. The van der Waals surface area contributed by atoms with Crippen molar-refractivity contribution in [1.82, 2.24) is 0 Å². The minimum atomic E-state index is 0.157. The molecule has 0 bridgehead atoms. The van der Waals surface area contributed by atoms with Gasteiger partial charge in [0.15, 0.2) is 0 Å². The molecule has 6 heteroatoms. The smallest absolute Gasteiger partial charge is 0.143 e. The number of hydrogen-bond donors (Lipinski definition) is 1. The van der Waals surface area contributed by atoms with E-state index >= 15 is 0 Å². The first-order chi connectivity index (χ1) is 8.49. The topological polar surface area (TPSA) is 29.5 Å². The summed E-state index contributed by atoms with van der Waals surface area (Å²) < 4.78 is 8.81. The first-order valence-electron chi connectivity index (χ1n) is 4.79. The van der Waals surface area contributed by atoms with Crippen LogP contribution in [0.2, 0.25) is 0 Å². The highest BCUT2D eigenvalue weighted by Gasteiger charge is 2.11. The van der Waals surface area contributed by atoms with E-state index in [-0.39, 0.29) is 5.75 Å². The molecule has 1 N–H and O–H groups in total. The van der Waals surface area contributed by atoms with Crippen LogP contribution in [0.15, 0.2) is 48.2 Å². The quantitative estimate of drug-likeness (QED) is 0.528. The van der Waals surface area contributed by atoms with Gasteiger partial charge in [0.25, 0.3) is 0 Å². The van der Waals surface area contributed by atoms with Gasteiger partial charge in [-0.25, -0.2) is 0 Å². The van der Waals surface area contributed by atoms with E-state index in [2.05, 4.69) is 63.7 Å². The first-order valence-corrected chi connectivity index (χ1v) is 7.96. The lowest BCUT2D eigenvalue weighted by atomic mass is 10.3. The van der Waals surface area contributed by atoms with Crippen molar-refractivity contribution in [2.75, 3.05) is 0 Å². The fraction of sp³-hybridized carbons (Fsp3) is 0. The van der Waals surface area contributed by atoms with Crippen LogP contribution in [0.3, 0.4) is 0 Å². The second kappa shape index (κ2) is 5.94. The summed E-state index contributed by atoms with van der Waals surface area (Å²) in [5.74, 6) is 1.46. The number of phenolic OH excluding ortho intramolecular Hbond substituents is 1. The normalized spacial score (nSPS) is 10.4. The van der Waals surface area contributed by atoms with Crippen LogP contribution in [0.1, 0.15) is 0 Å². The first kappa shape index (κ1) is 14.4. The van der Waals surface area contributed by atoms with Gasteiger partial charge in [-0.05, 0) is 78.1 Å². The predicted molar refractivity (Wildman–Crippen MR) is 85.4 cm³/mol. The molecule has 2 aromatic rings. The summed E-state index contributed by atoms with van der Waals surface area (Å²) in [6, 6.07) is 8.90. The number of benzene rings is 2. The molecular weight excluding hydrogens is 496 g/mol. The molecule has 0 aliphatic carbocycles. The average molecular weight is 502 g/mol. The zero-order valence-corrected chi connectivity index (χ0v) is 15.1. The average Bonchev–Trinajstić information content (AvgIpc) is 2.33. The van der Waals surface area contributed by atoms with E-state index in [0.717, 1.165) is 8.95 Å². The Balaban J connectivity index is 2.37. The molecule has 0 saturated heterocycles. The van der Waals surface area contributed by atoms with Gasteiger partial charge in [-0.3, -0.25) is 0 Å². The third-order valence-corrected chi connectivity index (χ3v) is 5.38. The largest absolute Gasteiger partial charge is 0.507 e. The molecule has 18 heavy (non-hydrogen) atoms. The number of ether oxygens (including phenoxy) is 1. The van der Waals surface area contributed by atoms with Gasteiger partial charge in [-0.1, -0.05) is 15.9 Å². The van der Waals surface area contributed by atoms with Crippen LogP contribution in [0.25, 0.3) is 0 Å². The molecule has 94 valence electrons. The molecule has 0 amide bonds. The Morgan fingerprint density at radius 1 is 0.833 bits per heavy atom. The van der Waals surface area contributed by atoms with Gasteiger partial charge in [-0.2, -0.15) is 0 Å². The minimum absolute atomic E-state index is 0.157. The van der Waals surface area contributed by atoms with Crippen molar-refractivity contribution in [3.05, 3.63) is 48.2 Å². The predicted octanol–water partition coefficient (Wildman–Crippen LogP) is 6.23. The van der Waals surface area contributed by atoms with E-state index in [1.807, 2.05) is 18.2 Å². The minimum Gasteiger partial charge on any atom is -0.507 e. The number of aromatic hydroxyl groups is 1. The molecule has 0 radical (unpaired) electrons. The number of rotatable bonds is 2. The maximum atomic E-state index is 9.53. The summed E-state index contributed by atoms with van der Waals surface area (Å²) in [4.78, 5) is 0. The molecule has 2 aromatic carbocycles. The Hall–Kier alpha value is -0.0400. The highest BCUT2D eigenvalue weighted by Crippen LogP contribution is 2.41. The summed E-state index contributed by atoms with van der Waals surface area (Å²) in [6.45, 7) is 0. The SMILES string of the molecule is Oc1ccc(Oc2ccc(Br)cc2Br)c(Br)c1Br. The standard InChI is InChI=1S/C12H6Br4O2/c13-6-1-3-9(7(14)5-6)18-10-4-2-8(17)11(15)12(10)16/h1-5,17H. The number of halogens is 4. The molecule has 0 aliphatic rings. The van der Waals surface area contributed by atoms with Crippen LogP contribution in [0.4, 0.5) is 0 Å². The van der Waals surface area contributed by atoms with E-state index in [4.69, 9.17) is 4.74 Å². The summed E-state index contributed by atoms with van der Waals surface area (Å²) in [6.07, 6.45) is 0. The van der Waals surface area contributed by atoms with Crippen molar-refractivity contribution in [1.29, 1.82) is 0 Å². The van der Waals surface area contributed by atoms with Crippen LogP contribution < -0.4 is 4.74 Å². The zero-order valence-electron chi connectivity index (χ0n) is 8.75. The number of hydrogen-bond acceptors (Lipinski definition) is 2. The Labute approximate surface area is 138 Å². The van der Waals surface area contributed by atoms with Crippen LogP contribution in [0, 0.1) is 0 Å². The van der Waals surface area contributed by atoms with Crippen molar-refractivity contribution in [3.63, 3.8) is 0 Å². The third kappa shape index (κ3) is 3.10. The lowest BCUT2D eigenvalue weighted by Gasteiger charge is -2.11. The molecular formula is C12H6Br4O2. The lowest BCUT2D eigenvalue weighted by Crippen LogP contribution is -1.87. The second-order valence-electron chi connectivity index (χ2n) is 3.39. The third-order valence-electron chi connectivity index (χ3n) is 2.14. The molecule has 0 saturated carbocycles. The van der Waals surface area contributed by atoms with E-state index in [9.17, 15) is 5.11 Å². The summed E-state index contributed by atoms with van der Waals surface area (Å²) >= 11 is 13.5. The fourth-order valence-corrected chi connectivity index (χ4v) is 3.15. The molecule has 0 spiro atoms. The monoisotopic (exact) mass is 498 g/mol. The van der Waals surface area contributed by atoms with Gasteiger partial charge >= 0.3 is 0 Å². The Kier molecular flexibility index (Phi) is 4.75. The van der Waals surface area contributed by atoms with Gasteiger partial charge in [0.1, 0.15) is 17.2 Å². The Bertz CT molecular complexity index is 599. The molecule has 0 unspecified atom stereocenters. The van der Waals surface area contributed by atoms with Crippen molar-refractivity contribution in [2.24, 2.45) is 0 Å². The van der Waals surface area contributed by atoms with Crippen LogP contribution in [0.5, 0.6) is 17.2 Å². The molecule has 2 nitrogen and oxygen atoms in total. The van der Waals surface area contributed by atoms with Gasteiger partial charge < -0.3 is 9.84 Å². The Morgan fingerprint density at radius 3 is 2.17 bits per heavy atom. The Morgan fingerprint density at radius 2 is 1.50 bits per heavy atom. The highest BCUT2D eigenvalue weighted by atomic mass is 79.9. The van der Waals surface area contributed by atoms with Crippen molar-refractivity contribution >= 4 is 63.7 Å². The fourth-order valence-electron chi connectivity index (χ4n) is 1.28. The van der Waals surface area contributed by atoms with E-state index < -0.39 is 0 Å². The zero-order chi connectivity index (χ0) is 13.3. The van der Waals surface area contributed by atoms with E-state index in [0.29, 0.717) is 20.4 Å². The number of phenols is 1. The maximum Gasteiger partial charge on any atom is 0.143 e. The highest BCUT2D eigenvalue weighted by molar-refractivity contribution is 9.13. The van der Waals surface area contributed by atoms with E-state index in [1.54, 1.807) is 12.1 Å². The lowest BCUT2D eigenvalue weighted by molar-refractivity contribution is 0.457. The van der Waals surface area contributed by atoms with Crippen LogP contribution >= 0.6 is 63.7 Å². The van der Waals surface area contributed by atoms with Gasteiger partial charge in [-0.15, -0.1) is 0 Å². The molecule has 0 heterocycles. The van der Waals surface area contributed by atoms with Crippen LogP contribution in [-0.4, -0.2) is 5.11 Å². The molecule has 0 aliphatic heterocycles. The summed E-state index contributed by atoms with van der Waals surface area (Å²) in [5.41, 5.74) is 0. The molecule has 0 fully saturated rings. The van der Waals surface area contributed by atoms with Gasteiger partial charge in [0, 0.05) is 4.47 Å². The van der Waals surface area contributed by atoms with Crippen molar-refractivity contribution < 1.29 is 9.84 Å². The summed E-state index contributed by atoms with van der Waals surface area (Å²) in [5, 5.41) is 9.53. The maximum absolute atomic E-state index is 9.53.